The van der Waals surface area contributed by atoms with E-state index in [1.165, 1.54) is 24.4 Å². The number of alkyl halides is 2. The van der Waals surface area contributed by atoms with Crippen molar-refractivity contribution in [3.63, 3.8) is 0 Å². The molecule has 1 saturated heterocycles. The van der Waals surface area contributed by atoms with E-state index in [4.69, 9.17) is 14.2 Å². The van der Waals surface area contributed by atoms with Crippen LogP contribution in [0.1, 0.15) is 28.9 Å². The lowest BCUT2D eigenvalue weighted by Gasteiger charge is -2.35. The maximum Gasteiger partial charge on any atom is 0.586 e. The average molecular weight is 715 g/mol. The van der Waals surface area contributed by atoms with Gasteiger partial charge >= 0.3 is 6.29 Å². The Bertz CT molecular complexity index is 2200. The van der Waals surface area contributed by atoms with Crippen molar-refractivity contribution in [1.82, 2.24) is 34.8 Å². The van der Waals surface area contributed by atoms with Crippen molar-refractivity contribution in [1.29, 1.82) is 0 Å². The number of halogens is 3. The summed E-state index contributed by atoms with van der Waals surface area (Å²) in [5, 5.41) is 7.97. The molecule has 1 fully saturated rings. The van der Waals surface area contributed by atoms with Crippen LogP contribution in [0, 0.1) is 5.82 Å². The second-order valence-corrected chi connectivity index (χ2v) is 12.6. The van der Waals surface area contributed by atoms with Crippen LogP contribution in [0.4, 0.5) is 19.0 Å². The number of methoxy groups -OCH3 is 1. The molecule has 1 N–H and O–H groups in total. The third-order valence-corrected chi connectivity index (χ3v) is 9.52. The molecule has 2 aromatic carbocycles. The zero-order valence-corrected chi connectivity index (χ0v) is 28.0. The van der Waals surface area contributed by atoms with Gasteiger partial charge in [-0.2, -0.15) is 0 Å². The molecule has 5 aromatic rings. The zero-order valence-electron chi connectivity index (χ0n) is 28.0. The van der Waals surface area contributed by atoms with Crippen LogP contribution in [0.25, 0.3) is 27.6 Å². The molecule has 0 unspecified atom stereocenters. The number of nitrogens with one attached hydrogen (secondary N) is 1. The Labute approximate surface area is 295 Å². The fourth-order valence-corrected chi connectivity index (χ4v) is 6.96. The predicted octanol–water partition coefficient (Wildman–Crippen LogP) is 4.96. The average Bonchev–Trinajstić information content (AvgIpc) is 3.92. The van der Waals surface area contributed by atoms with Crippen molar-refractivity contribution in [2.45, 2.75) is 25.7 Å². The Hall–Kier alpha value is -6.06. The van der Waals surface area contributed by atoms with Crippen molar-refractivity contribution in [3.8, 4) is 28.4 Å². The van der Waals surface area contributed by atoms with Gasteiger partial charge in [0.1, 0.15) is 5.69 Å². The standard InChI is InChI=1S/C36H33F3N8O5/c1-50-29-8-3-10-40-34(29)44-15-17-45(18-16-44)35(49)27-20-26-25(23-6-2-7-28-33(23)52-36(38,39)51-28)19-24(31(37)32(26)42-27)22-5-4-12-46(21-22)30(48)9-13-47-14-11-41-43-47/h2-3,5-8,10-11,14,19-20,42H,4,9,12-13,15-18,21H2,1H3. The van der Waals surface area contributed by atoms with Crippen molar-refractivity contribution >= 4 is 34.1 Å². The first kappa shape index (κ1) is 33.1. The summed E-state index contributed by atoms with van der Waals surface area (Å²) in [6.45, 7) is 2.64. The maximum absolute atomic E-state index is 16.7. The van der Waals surface area contributed by atoms with Gasteiger partial charge in [0, 0.05) is 74.6 Å². The topological polar surface area (TPSA) is 131 Å². The number of hydrogen-bond acceptors (Lipinski definition) is 9. The molecule has 2 amide bonds. The lowest BCUT2D eigenvalue weighted by Crippen LogP contribution is -2.49. The number of anilines is 1. The van der Waals surface area contributed by atoms with Gasteiger partial charge in [-0.15, -0.1) is 13.9 Å². The Morgan fingerprint density at radius 3 is 2.62 bits per heavy atom. The summed E-state index contributed by atoms with van der Waals surface area (Å²) >= 11 is 0. The quantitative estimate of drug-likeness (QED) is 0.237. The fraction of sp³-hybridized carbons (Fsp3) is 0.306. The maximum atomic E-state index is 16.7. The van der Waals surface area contributed by atoms with Crippen LogP contribution in [0.5, 0.6) is 17.2 Å². The SMILES string of the molecule is COc1cccnc1N1CCN(C(=O)c2cc3c(-c4cccc5c4OC(F)(F)O5)cc(C4=CCCN(C(=O)CCn5ccnn5)C4)c(F)c3[nH]2)CC1. The van der Waals surface area contributed by atoms with Gasteiger partial charge in [0.15, 0.2) is 28.9 Å². The monoisotopic (exact) mass is 714 g/mol. The van der Waals surface area contributed by atoms with E-state index in [9.17, 15) is 18.4 Å². The summed E-state index contributed by atoms with van der Waals surface area (Å²) in [5.74, 6) is -0.179. The summed E-state index contributed by atoms with van der Waals surface area (Å²) in [6, 6.07) is 11.2. The summed E-state index contributed by atoms with van der Waals surface area (Å²) in [5.41, 5.74) is 1.44. The van der Waals surface area contributed by atoms with E-state index in [1.54, 1.807) is 52.2 Å². The smallest absolute Gasteiger partial charge is 0.493 e. The van der Waals surface area contributed by atoms with Crippen LogP contribution < -0.4 is 19.1 Å². The number of hydrogen-bond donors (Lipinski definition) is 1. The molecule has 16 heteroatoms. The minimum atomic E-state index is -3.89. The van der Waals surface area contributed by atoms with Crippen molar-refractivity contribution in [2.75, 3.05) is 51.3 Å². The molecule has 0 aliphatic carbocycles. The van der Waals surface area contributed by atoms with Crippen LogP contribution >= 0.6 is 0 Å². The molecule has 13 nitrogen and oxygen atoms in total. The Morgan fingerprint density at radius 1 is 0.981 bits per heavy atom. The summed E-state index contributed by atoms with van der Waals surface area (Å²) in [6.07, 6.45) is 3.51. The van der Waals surface area contributed by atoms with Gasteiger partial charge in [0.2, 0.25) is 5.91 Å². The number of piperazine rings is 1. The Kier molecular flexibility index (Phi) is 8.43. The highest BCUT2D eigenvalue weighted by atomic mass is 19.3. The minimum Gasteiger partial charge on any atom is -0.493 e. The number of rotatable bonds is 8. The molecular formula is C36H33F3N8O5. The number of carbonyl (C=O) groups is 2. The van der Waals surface area contributed by atoms with Gasteiger partial charge in [-0.1, -0.05) is 23.4 Å². The number of fused-ring (bicyclic) bond motifs is 2. The van der Waals surface area contributed by atoms with E-state index in [1.807, 2.05) is 17.0 Å². The highest BCUT2D eigenvalue weighted by Gasteiger charge is 2.45. The number of nitrogens with zero attached hydrogens (tertiary/aromatic N) is 7. The molecule has 0 radical (unpaired) electrons. The number of amides is 2. The molecule has 3 aromatic heterocycles. The van der Waals surface area contributed by atoms with Gasteiger partial charge in [0.25, 0.3) is 5.91 Å². The molecular weight excluding hydrogens is 681 g/mol. The first-order chi connectivity index (χ1) is 25.2. The van der Waals surface area contributed by atoms with E-state index >= 15 is 4.39 Å². The van der Waals surface area contributed by atoms with Gasteiger partial charge in [0.05, 0.1) is 25.4 Å². The molecule has 3 aliphatic heterocycles. The predicted molar refractivity (Wildman–Crippen MR) is 183 cm³/mol. The molecule has 6 heterocycles. The Morgan fingerprint density at radius 2 is 1.83 bits per heavy atom. The molecule has 268 valence electrons. The number of aryl methyl sites for hydroxylation is 1. The second-order valence-electron chi connectivity index (χ2n) is 12.6. The number of H-pyrrole nitrogens is 1. The van der Waals surface area contributed by atoms with Crippen molar-refractivity contribution in [3.05, 3.63) is 84.2 Å². The number of aromatic amines is 1. The number of benzene rings is 2. The van der Waals surface area contributed by atoms with E-state index < -0.39 is 12.1 Å². The van der Waals surface area contributed by atoms with Crippen LogP contribution in [-0.2, 0) is 11.3 Å². The van der Waals surface area contributed by atoms with Crippen LogP contribution in [0.15, 0.2) is 67.1 Å². The third-order valence-electron chi connectivity index (χ3n) is 9.52. The largest absolute Gasteiger partial charge is 0.586 e. The summed E-state index contributed by atoms with van der Waals surface area (Å²) < 4.78 is 62.0. The van der Waals surface area contributed by atoms with Gasteiger partial charge in [-0.3, -0.25) is 14.3 Å². The van der Waals surface area contributed by atoms with Crippen molar-refractivity contribution in [2.24, 2.45) is 0 Å². The Balaban J connectivity index is 1.13. The molecule has 0 atom stereocenters. The minimum absolute atomic E-state index is 0.0199. The lowest BCUT2D eigenvalue weighted by atomic mass is 9.92. The van der Waals surface area contributed by atoms with Crippen LogP contribution in [0.3, 0.4) is 0 Å². The third kappa shape index (κ3) is 6.13. The van der Waals surface area contributed by atoms with E-state index in [-0.39, 0.29) is 58.6 Å². The van der Waals surface area contributed by atoms with E-state index in [0.717, 1.165) is 0 Å². The summed E-state index contributed by atoms with van der Waals surface area (Å²) in [4.78, 5) is 39.9. The number of carbonyl (C=O) groups excluding carboxylic acids is 2. The number of aromatic nitrogens is 5. The van der Waals surface area contributed by atoms with Gasteiger partial charge < -0.3 is 33.9 Å². The number of para-hydroxylation sites is 1. The van der Waals surface area contributed by atoms with Gasteiger partial charge in [-0.05, 0) is 47.9 Å². The molecule has 0 spiro atoms. The fourth-order valence-electron chi connectivity index (χ4n) is 6.96. The highest BCUT2D eigenvalue weighted by molar-refractivity contribution is 6.05. The highest BCUT2D eigenvalue weighted by Crippen LogP contribution is 2.49. The number of pyridine rings is 1. The van der Waals surface area contributed by atoms with Crippen LogP contribution in [0.2, 0.25) is 0 Å². The van der Waals surface area contributed by atoms with Gasteiger partial charge in [-0.25, -0.2) is 9.37 Å². The van der Waals surface area contributed by atoms with E-state index in [0.29, 0.717) is 73.8 Å². The lowest BCUT2D eigenvalue weighted by molar-refractivity contribution is -0.286. The summed E-state index contributed by atoms with van der Waals surface area (Å²) in [7, 11) is 1.58. The molecule has 0 bridgehead atoms. The van der Waals surface area contributed by atoms with E-state index in [2.05, 4.69) is 20.3 Å². The first-order valence-corrected chi connectivity index (χ1v) is 16.8. The molecule has 0 saturated carbocycles. The van der Waals surface area contributed by atoms with Crippen molar-refractivity contribution < 1.29 is 37.0 Å². The number of ether oxygens (including phenoxy) is 3. The molecule has 8 rings (SSSR count). The normalized spacial score (nSPS) is 16.7. The second kappa shape index (κ2) is 13.2. The molecule has 52 heavy (non-hydrogen) atoms. The zero-order chi connectivity index (χ0) is 36.0. The van der Waals surface area contributed by atoms with Crippen LogP contribution in [-0.4, -0.2) is 99.2 Å². The first-order valence-electron chi connectivity index (χ1n) is 16.8. The molecule has 3 aliphatic rings.